The van der Waals surface area contributed by atoms with E-state index in [0.29, 0.717) is 23.6 Å². The van der Waals surface area contributed by atoms with Crippen molar-refractivity contribution in [3.8, 4) is 5.75 Å². The summed E-state index contributed by atoms with van der Waals surface area (Å²) in [5, 5.41) is 2.98. The van der Waals surface area contributed by atoms with Crippen LogP contribution >= 0.6 is 0 Å². The second kappa shape index (κ2) is 6.93. The van der Waals surface area contributed by atoms with E-state index >= 15 is 0 Å². The van der Waals surface area contributed by atoms with E-state index in [-0.39, 0.29) is 16.4 Å². The molecule has 6 nitrogen and oxygen atoms in total. The summed E-state index contributed by atoms with van der Waals surface area (Å²) >= 11 is 0. The monoisotopic (exact) mass is 327 g/mol. The summed E-state index contributed by atoms with van der Waals surface area (Å²) in [5.74, 6) is -0.171. The second-order valence-corrected chi connectivity index (χ2v) is 6.39. The first-order valence-electron chi connectivity index (χ1n) is 6.79. The number of allylic oxidation sites excluding steroid dienone is 1. The Morgan fingerprint density at radius 2 is 2.05 bits per heavy atom. The Morgan fingerprint density at radius 3 is 2.50 bits per heavy atom. The maximum absolute atomic E-state index is 11.4. The van der Waals surface area contributed by atoms with E-state index in [1.54, 1.807) is 20.8 Å². The van der Waals surface area contributed by atoms with Crippen LogP contribution in [0.4, 0.5) is 5.69 Å². The molecule has 122 valence electrons. The molecule has 0 spiro atoms. The molecular formula is C15H21NO5S. The zero-order valence-corrected chi connectivity index (χ0v) is 14.0. The molecule has 0 aliphatic carbocycles. The molecule has 7 heteroatoms. The van der Waals surface area contributed by atoms with Gasteiger partial charge in [0.2, 0.25) is 0 Å². The molecule has 1 atom stereocenters. The third-order valence-electron chi connectivity index (χ3n) is 3.28. The van der Waals surface area contributed by atoms with Gasteiger partial charge in [0.05, 0.1) is 18.2 Å². The minimum Gasteiger partial charge on any atom is -0.492 e. The molecule has 0 fully saturated rings. The first kappa shape index (κ1) is 18.2. The molecule has 0 aliphatic rings. The number of benzene rings is 1. The predicted octanol–water partition coefficient (Wildman–Crippen LogP) is 2.79. The molecule has 0 amide bonds. The molecule has 1 aromatic rings. The lowest BCUT2D eigenvalue weighted by Crippen LogP contribution is -2.15. The Bertz CT molecular complexity index is 694. The van der Waals surface area contributed by atoms with Gasteiger partial charge in [-0.05, 0) is 39.3 Å². The zero-order chi connectivity index (χ0) is 17.1. The summed E-state index contributed by atoms with van der Waals surface area (Å²) in [7, 11) is -4.33. The average Bonchev–Trinajstić information content (AvgIpc) is 2.39. The van der Waals surface area contributed by atoms with Crippen LogP contribution in [-0.2, 0) is 14.9 Å². The van der Waals surface area contributed by atoms with Gasteiger partial charge in [0.25, 0.3) is 10.1 Å². The van der Waals surface area contributed by atoms with Crippen molar-refractivity contribution in [1.82, 2.24) is 0 Å². The third-order valence-corrected chi connectivity index (χ3v) is 4.28. The highest BCUT2D eigenvalue weighted by molar-refractivity contribution is 7.85. The van der Waals surface area contributed by atoms with Crippen LogP contribution in [0.15, 0.2) is 29.3 Å². The summed E-state index contributed by atoms with van der Waals surface area (Å²) in [6.07, 6.45) is 0. The molecule has 0 saturated carbocycles. The van der Waals surface area contributed by atoms with Crippen LogP contribution in [0.2, 0.25) is 0 Å². The second-order valence-electron chi connectivity index (χ2n) is 5.00. The van der Waals surface area contributed by atoms with Crippen molar-refractivity contribution in [2.75, 3.05) is 11.9 Å². The maximum atomic E-state index is 11.4. The molecule has 0 radical (unpaired) electrons. The van der Waals surface area contributed by atoms with Crippen molar-refractivity contribution >= 4 is 21.6 Å². The number of carbonyl (C=O) groups is 1. The normalized spacial score (nSPS) is 12.6. The highest BCUT2D eigenvalue weighted by Gasteiger charge is 2.19. The quantitative estimate of drug-likeness (QED) is 0.748. The van der Waals surface area contributed by atoms with Gasteiger partial charge in [0.1, 0.15) is 16.4 Å². The topological polar surface area (TPSA) is 92.7 Å². The average molecular weight is 327 g/mol. The number of anilines is 1. The Labute approximate surface area is 130 Å². The number of carbonyl (C=O) groups excluding carboxylic acids is 1. The predicted molar refractivity (Wildman–Crippen MR) is 84.8 cm³/mol. The van der Waals surface area contributed by atoms with Crippen molar-refractivity contribution < 1.29 is 22.5 Å². The van der Waals surface area contributed by atoms with Crippen molar-refractivity contribution in [3.63, 3.8) is 0 Å². The third kappa shape index (κ3) is 4.32. The molecule has 0 heterocycles. The van der Waals surface area contributed by atoms with Crippen LogP contribution in [-0.4, -0.2) is 25.4 Å². The van der Waals surface area contributed by atoms with Crippen molar-refractivity contribution in [3.05, 3.63) is 30.0 Å². The zero-order valence-electron chi connectivity index (χ0n) is 13.1. The minimum atomic E-state index is -4.33. The molecule has 1 aromatic carbocycles. The van der Waals surface area contributed by atoms with E-state index < -0.39 is 16.0 Å². The van der Waals surface area contributed by atoms with E-state index in [1.165, 1.54) is 19.1 Å². The molecule has 0 aromatic heterocycles. The number of hydrogen-bond donors (Lipinski definition) is 2. The van der Waals surface area contributed by atoms with Gasteiger partial charge in [-0.1, -0.05) is 6.58 Å². The highest BCUT2D eigenvalue weighted by atomic mass is 32.2. The van der Waals surface area contributed by atoms with Gasteiger partial charge >= 0.3 is 0 Å². The lowest BCUT2D eigenvalue weighted by atomic mass is 10.0. The van der Waals surface area contributed by atoms with E-state index in [1.807, 2.05) is 0 Å². The van der Waals surface area contributed by atoms with Crippen LogP contribution in [0, 0.1) is 12.8 Å². The fraction of sp³-hybridized carbons (Fsp3) is 0.400. The Kier molecular flexibility index (Phi) is 5.73. The van der Waals surface area contributed by atoms with Crippen LogP contribution in [0.1, 0.15) is 26.3 Å². The van der Waals surface area contributed by atoms with Crippen molar-refractivity contribution in [2.45, 2.75) is 32.6 Å². The summed E-state index contributed by atoms with van der Waals surface area (Å²) in [6.45, 7) is 10.6. The first-order valence-corrected chi connectivity index (χ1v) is 8.23. The van der Waals surface area contributed by atoms with E-state index in [9.17, 15) is 17.8 Å². The van der Waals surface area contributed by atoms with Crippen molar-refractivity contribution in [2.24, 2.45) is 5.92 Å². The maximum Gasteiger partial charge on any atom is 0.294 e. The molecule has 22 heavy (non-hydrogen) atoms. The number of Topliss-reactive ketones (excluding diaryl/α,β-unsaturated/α-hetero) is 1. The van der Waals surface area contributed by atoms with Gasteiger partial charge < -0.3 is 10.1 Å². The largest absolute Gasteiger partial charge is 0.492 e. The van der Waals surface area contributed by atoms with E-state index in [4.69, 9.17) is 4.74 Å². The Hall–Kier alpha value is -1.86. The molecule has 0 aliphatic heterocycles. The van der Waals surface area contributed by atoms with Gasteiger partial charge in [-0.15, -0.1) is 0 Å². The lowest BCUT2D eigenvalue weighted by Gasteiger charge is -2.18. The fourth-order valence-corrected chi connectivity index (χ4v) is 2.57. The Morgan fingerprint density at radius 1 is 1.45 bits per heavy atom. The fourth-order valence-electron chi connectivity index (χ4n) is 1.85. The molecule has 1 rings (SSSR count). The number of ketones is 1. The van der Waals surface area contributed by atoms with Crippen LogP contribution in [0.3, 0.4) is 0 Å². The lowest BCUT2D eigenvalue weighted by molar-refractivity contribution is -0.119. The minimum absolute atomic E-state index is 0.0401. The SMILES string of the molecule is C=C(Nc1cc(C)c(S(=O)(=O)O)cc1OCC)C(C)C(C)=O. The smallest absolute Gasteiger partial charge is 0.294 e. The molecule has 2 N–H and O–H groups in total. The van der Waals surface area contributed by atoms with Gasteiger partial charge in [0.15, 0.2) is 0 Å². The summed E-state index contributed by atoms with van der Waals surface area (Å²) in [4.78, 5) is 11.2. The van der Waals surface area contributed by atoms with Gasteiger partial charge in [-0.3, -0.25) is 9.35 Å². The molecule has 1 unspecified atom stereocenters. The van der Waals surface area contributed by atoms with Crippen LogP contribution < -0.4 is 10.1 Å². The number of aryl methyl sites for hydroxylation is 1. The van der Waals surface area contributed by atoms with Crippen molar-refractivity contribution in [1.29, 1.82) is 0 Å². The van der Waals surface area contributed by atoms with E-state index in [0.717, 1.165) is 0 Å². The number of hydrogen-bond acceptors (Lipinski definition) is 5. The van der Waals surface area contributed by atoms with E-state index in [2.05, 4.69) is 11.9 Å². The summed E-state index contributed by atoms with van der Waals surface area (Å²) in [6, 6.07) is 2.79. The summed E-state index contributed by atoms with van der Waals surface area (Å²) in [5.41, 5.74) is 1.33. The van der Waals surface area contributed by atoms with Gasteiger partial charge in [-0.2, -0.15) is 8.42 Å². The Balaban J connectivity index is 3.27. The highest BCUT2D eigenvalue weighted by Crippen LogP contribution is 2.32. The molecule has 0 saturated heterocycles. The number of rotatable bonds is 7. The molecule has 0 bridgehead atoms. The van der Waals surface area contributed by atoms with Crippen LogP contribution in [0.25, 0.3) is 0 Å². The first-order chi connectivity index (χ1) is 10.1. The van der Waals surface area contributed by atoms with Gasteiger partial charge in [0, 0.05) is 11.8 Å². The molecular weight excluding hydrogens is 306 g/mol. The van der Waals surface area contributed by atoms with Gasteiger partial charge in [-0.25, -0.2) is 0 Å². The summed E-state index contributed by atoms with van der Waals surface area (Å²) < 4.78 is 37.4. The van der Waals surface area contributed by atoms with Crippen LogP contribution in [0.5, 0.6) is 5.75 Å². The standard InChI is InChI=1S/C15H21NO5S/c1-6-21-14-8-15(22(18,19)20)9(2)7-13(14)16-11(4)10(3)12(5)17/h7-8,10,16H,4,6H2,1-3,5H3,(H,18,19,20). The number of ether oxygens (including phenoxy) is 1. The number of nitrogens with one attached hydrogen (secondary N) is 1.